The lowest BCUT2D eigenvalue weighted by Gasteiger charge is -2.08. The first-order valence-corrected chi connectivity index (χ1v) is 7.21. The molecule has 1 saturated heterocycles. The van der Waals surface area contributed by atoms with Crippen molar-refractivity contribution in [2.75, 3.05) is 19.6 Å². The van der Waals surface area contributed by atoms with Crippen molar-refractivity contribution in [1.82, 2.24) is 20.0 Å². The van der Waals surface area contributed by atoms with Crippen LogP contribution in [0, 0.1) is 5.92 Å². The van der Waals surface area contributed by atoms with E-state index in [1.54, 1.807) is 0 Å². The molecule has 1 amide bonds. The highest BCUT2D eigenvalue weighted by atomic mass is 35.5. The van der Waals surface area contributed by atoms with Crippen LogP contribution in [0.2, 0.25) is 0 Å². The predicted octanol–water partition coefficient (Wildman–Crippen LogP) is 1.84. The number of carbonyl (C=O) groups excluding carboxylic acids is 1. The molecular weight excluding hydrogens is 323 g/mol. The van der Waals surface area contributed by atoms with Crippen LogP contribution in [0.5, 0.6) is 0 Å². The molecule has 1 atom stereocenters. The van der Waals surface area contributed by atoms with E-state index in [4.69, 9.17) is 0 Å². The van der Waals surface area contributed by atoms with E-state index < -0.39 is 0 Å². The van der Waals surface area contributed by atoms with E-state index >= 15 is 0 Å². The van der Waals surface area contributed by atoms with Crippen LogP contribution >= 0.6 is 24.8 Å². The molecule has 1 unspecified atom stereocenters. The molecule has 22 heavy (non-hydrogen) atoms. The van der Waals surface area contributed by atoms with Crippen LogP contribution in [0.15, 0.2) is 30.6 Å². The Balaban J connectivity index is 0.00000121. The van der Waals surface area contributed by atoms with Gasteiger partial charge in [0.25, 0.3) is 0 Å². The summed E-state index contributed by atoms with van der Waals surface area (Å²) in [6.45, 7) is 2.96. The van der Waals surface area contributed by atoms with Gasteiger partial charge in [0.15, 0.2) is 0 Å². The monoisotopic (exact) mass is 344 g/mol. The number of imidazole rings is 1. The fraction of sp³-hybridized carbons (Fsp3) is 0.467. The summed E-state index contributed by atoms with van der Waals surface area (Å²) in [6, 6.07) is 5.84. The minimum Gasteiger partial charge on any atom is -0.356 e. The molecule has 7 heteroatoms. The topological polar surface area (TPSA) is 58.4 Å². The van der Waals surface area contributed by atoms with Gasteiger partial charge in [-0.1, -0.05) is 6.07 Å². The number of nitrogens with one attached hydrogen (secondary N) is 2. The van der Waals surface area contributed by atoms with E-state index in [9.17, 15) is 4.79 Å². The van der Waals surface area contributed by atoms with Crippen molar-refractivity contribution in [2.45, 2.75) is 19.3 Å². The second-order valence-electron chi connectivity index (χ2n) is 5.37. The average molecular weight is 345 g/mol. The minimum atomic E-state index is 0. The Morgan fingerprint density at radius 3 is 3.00 bits per heavy atom. The summed E-state index contributed by atoms with van der Waals surface area (Å²) in [5.74, 6) is 0.768. The lowest BCUT2D eigenvalue weighted by Crippen LogP contribution is -2.27. The number of halogens is 2. The molecule has 2 N–H and O–H groups in total. The summed E-state index contributed by atoms with van der Waals surface area (Å²) < 4.78 is 1.94. The molecule has 0 saturated carbocycles. The fourth-order valence-corrected chi connectivity index (χ4v) is 2.68. The summed E-state index contributed by atoms with van der Waals surface area (Å²) >= 11 is 0. The SMILES string of the molecule is Cl.Cl.O=C(Cc1cn2ccccc2n1)NCCC1CCNC1. The fourth-order valence-electron chi connectivity index (χ4n) is 2.68. The Labute approximate surface area is 142 Å². The highest BCUT2D eigenvalue weighted by molar-refractivity contribution is 5.85. The first kappa shape index (κ1) is 18.7. The van der Waals surface area contributed by atoms with Gasteiger partial charge in [0, 0.05) is 18.9 Å². The van der Waals surface area contributed by atoms with Crippen molar-refractivity contribution in [3.8, 4) is 0 Å². The normalized spacial score (nSPS) is 16.8. The number of carbonyl (C=O) groups is 1. The Kier molecular flexibility index (Phi) is 7.65. The third-order valence-corrected chi connectivity index (χ3v) is 3.79. The smallest absolute Gasteiger partial charge is 0.226 e. The first-order valence-electron chi connectivity index (χ1n) is 7.21. The summed E-state index contributed by atoms with van der Waals surface area (Å²) in [5, 5.41) is 6.33. The van der Waals surface area contributed by atoms with Gasteiger partial charge in [0.05, 0.1) is 12.1 Å². The highest BCUT2D eigenvalue weighted by Gasteiger charge is 2.14. The molecule has 5 nitrogen and oxygen atoms in total. The summed E-state index contributed by atoms with van der Waals surface area (Å²) in [5.41, 5.74) is 1.70. The Morgan fingerprint density at radius 2 is 2.27 bits per heavy atom. The van der Waals surface area contributed by atoms with Crippen molar-refractivity contribution in [2.24, 2.45) is 5.92 Å². The number of fused-ring (bicyclic) bond motifs is 1. The average Bonchev–Trinajstić information content (AvgIpc) is 3.06. The maximum atomic E-state index is 11.9. The van der Waals surface area contributed by atoms with Crippen molar-refractivity contribution < 1.29 is 4.79 Å². The molecule has 1 aliphatic rings. The van der Waals surface area contributed by atoms with E-state index in [-0.39, 0.29) is 30.7 Å². The Morgan fingerprint density at radius 1 is 1.41 bits per heavy atom. The molecule has 2 aromatic heterocycles. The number of hydrogen-bond donors (Lipinski definition) is 2. The van der Waals surface area contributed by atoms with E-state index in [1.807, 2.05) is 35.0 Å². The summed E-state index contributed by atoms with van der Waals surface area (Å²) in [4.78, 5) is 16.3. The molecule has 0 radical (unpaired) electrons. The molecule has 122 valence electrons. The zero-order chi connectivity index (χ0) is 13.8. The van der Waals surface area contributed by atoms with Gasteiger partial charge in [-0.2, -0.15) is 0 Å². The van der Waals surface area contributed by atoms with E-state index in [0.717, 1.165) is 37.4 Å². The lowest BCUT2D eigenvalue weighted by molar-refractivity contribution is -0.120. The third kappa shape index (κ3) is 4.87. The molecule has 3 rings (SSSR count). The number of amides is 1. The summed E-state index contributed by atoms with van der Waals surface area (Å²) in [6.07, 6.45) is 6.49. The van der Waals surface area contributed by atoms with Crippen LogP contribution in [0.3, 0.4) is 0 Å². The maximum absolute atomic E-state index is 11.9. The number of aromatic nitrogens is 2. The van der Waals surface area contributed by atoms with Gasteiger partial charge in [-0.15, -0.1) is 24.8 Å². The van der Waals surface area contributed by atoms with Crippen LogP contribution in [0.25, 0.3) is 5.65 Å². The summed E-state index contributed by atoms with van der Waals surface area (Å²) in [7, 11) is 0. The van der Waals surface area contributed by atoms with Crippen LogP contribution in [-0.4, -0.2) is 34.9 Å². The molecule has 1 fully saturated rings. The van der Waals surface area contributed by atoms with Gasteiger partial charge >= 0.3 is 0 Å². The van der Waals surface area contributed by atoms with Crippen LogP contribution in [0.1, 0.15) is 18.5 Å². The lowest BCUT2D eigenvalue weighted by atomic mass is 10.1. The van der Waals surface area contributed by atoms with E-state index in [1.165, 1.54) is 6.42 Å². The molecule has 1 aliphatic heterocycles. The number of pyridine rings is 1. The Hall–Kier alpha value is -1.30. The zero-order valence-corrected chi connectivity index (χ0v) is 14.0. The first-order chi connectivity index (χ1) is 9.81. The second-order valence-corrected chi connectivity index (χ2v) is 5.37. The molecule has 2 aromatic rings. The van der Waals surface area contributed by atoms with Gasteiger partial charge in [-0.25, -0.2) is 4.98 Å². The van der Waals surface area contributed by atoms with E-state index in [0.29, 0.717) is 12.3 Å². The van der Waals surface area contributed by atoms with Crippen molar-refractivity contribution >= 4 is 36.4 Å². The second kappa shape index (κ2) is 8.98. The van der Waals surface area contributed by atoms with Crippen molar-refractivity contribution in [3.63, 3.8) is 0 Å². The zero-order valence-electron chi connectivity index (χ0n) is 12.3. The molecule has 0 aliphatic carbocycles. The number of rotatable bonds is 5. The predicted molar refractivity (Wildman–Crippen MR) is 92.0 cm³/mol. The molecular formula is C15H22Cl2N4O. The highest BCUT2D eigenvalue weighted by Crippen LogP contribution is 2.11. The van der Waals surface area contributed by atoms with Gasteiger partial charge in [0.1, 0.15) is 5.65 Å². The van der Waals surface area contributed by atoms with Crippen molar-refractivity contribution in [3.05, 3.63) is 36.3 Å². The maximum Gasteiger partial charge on any atom is 0.226 e. The number of nitrogens with zero attached hydrogens (tertiary/aromatic N) is 2. The van der Waals surface area contributed by atoms with Crippen molar-refractivity contribution in [1.29, 1.82) is 0 Å². The standard InChI is InChI=1S/C15H20N4O.2ClH/c20-15(17-7-5-12-4-6-16-10-12)9-13-11-19-8-2-1-3-14(19)18-13;;/h1-3,8,11-12,16H,4-7,9-10H2,(H,17,20);2*1H. The largest absolute Gasteiger partial charge is 0.356 e. The molecule has 0 spiro atoms. The van der Waals surface area contributed by atoms with Gasteiger partial charge in [-0.3, -0.25) is 4.79 Å². The molecule has 0 aromatic carbocycles. The van der Waals surface area contributed by atoms with Crippen LogP contribution < -0.4 is 10.6 Å². The van der Waals surface area contributed by atoms with Crippen LogP contribution in [-0.2, 0) is 11.2 Å². The minimum absolute atomic E-state index is 0. The molecule has 3 heterocycles. The van der Waals surface area contributed by atoms with Gasteiger partial charge < -0.3 is 15.0 Å². The van der Waals surface area contributed by atoms with Crippen LogP contribution in [0.4, 0.5) is 0 Å². The Bertz CT molecular complexity index is 563. The third-order valence-electron chi connectivity index (χ3n) is 3.79. The van der Waals surface area contributed by atoms with Gasteiger partial charge in [-0.05, 0) is 44.0 Å². The quantitative estimate of drug-likeness (QED) is 0.869. The van der Waals surface area contributed by atoms with Gasteiger partial charge in [0.2, 0.25) is 5.91 Å². The molecule has 0 bridgehead atoms. The van der Waals surface area contributed by atoms with E-state index in [2.05, 4.69) is 15.6 Å². The number of hydrogen-bond acceptors (Lipinski definition) is 3.